The predicted molar refractivity (Wildman–Crippen MR) is 78.0 cm³/mol. The molecule has 112 valence electrons. The number of anilines is 1. The molecule has 0 aliphatic carbocycles. The van der Waals surface area contributed by atoms with Gasteiger partial charge in [-0.2, -0.15) is 0 Å². The van der Waals surface area contributed by atoms with Crippen molar-refractivity contribution < 1.29 is 13.6 Å². The van der Waals surface area contributed by atoms with E-state index in [4.69, 9.17) is 0 Å². The normalized spacial score (nSPS) is 12.4. The van der Waals surface area contributed by atoms with Crippen molar-refractivity contribution in [1.29, 1.82) is 0 Å². The maximum Gasteiger partial charge on any atom is 0.243 e. The molecule has 7 heteroatoms. The van der Waals surface area contributed by atoms with E-state index in [1.165, 1.54) is 23.5 Å². The summed E-state index contributed by atoms with van der Waals surface area (Å²) in [5, 5.41) is 4.97. The molecule has 21 heavy (non-hydrogen) atoms. The monoisotopic (exact) mass is 311 g/mol. The van der Waals surface area contributed by atoms with Crippen LogP contribution in [0.5, 0.6) is 0 Å². The van der Waals surface area contributed by atoms with Gasteiger partial charge in [0.15, 0.2) is 5.13 Å². The number of halogens is 2. The zero-order chi connectivity index (χ0) is 15.4. The second-order valence-corrected chi connectivity index (χ2v) is 5.55. The number of hydrogen-bond acceptors (Lipinski definition) is 4. The number of nitrogens with one attached hydrogen (secondary N) is 1. The predicted octanol–water partition coefficient (Wildman–Crippen LogP) is 2.88. The molecule has 1 aromatic carbocycles. The second-order valence-electron chi connectivity index (χ2n) is 4.65. The quantitative estimate of drug-likeness (QED) is 0.923. The van der Waals surface area contributed by atoms with Gasteiger partial charge in [0.25, 0.3) is 0 Å². The summed E-state index contributed by atoms with van der Waals surface area (Å²) in [5.74, 6) is -1.46. The summed E-state index contributed by atoms with van der Waals surface area (Å²) in [5.41, 5.74) is 0.341. The Morgan fingerprint density at radius 2 is 2.24 bits per heavy atom. The molecule has 0 fully saturated rings. The molecule has 0 spiro atoms. The van der Waals surface area contributed by atoms with Gasteiger partial charge in [-0.05, 0) is 20.0 Å². The fourth-order valence-corrected chi connectivity index (χ4v) is 2.28. The Morgan fingerprint density at radius 1 is 1.48 bits per heavy atom. The van der Waals surface area contributed by atoms with Crippen LogP contribution < -0.4 is 5.32 Å². The number of carbonyl (C=O) groups excluding carboxylic acids is 1. The summed E-state index contributed by atoms with van der Waals surface area (Å²) in [4.78, 5) is 17.7. The molecule has 0 aliphatic heterocycles. The number of nitrogens with zero attached hydrogens (tertiary/aromatic N) is 2. The number of carbonyl (C=O) groups is 1. The van der Waals surface area contributed by atoms with E-state index < -0.39 is 17.7 Å². The number of hydrogen-bond donors (Lipinski definition) is 1. The summed E-state index contributed by atoms with van der Waals surface area (Å²) in [7, 11) is 1.70. The van der Waals surface area contributed by atoms with Crippen LogP contribution in [0.15, 0.2) is 29.8 Å². The molecule has 1 N–H and O–H groups in total. The maximum atomic E-state index is 13.6. The molecule has 1 aromatic heterocycles. The third kappa shape index (κ3) is 4.05. The third-order valence-electron chi connectivity index (χ3n) is 3.14. The lowest BCUT2D eigenvalue weighted by Gasteiger charge is -2.23. The molecule has 4 nitrogen and oxygen atoms in total. The molecular weight excluding hydrogens is 296 g/mol. The molecule has 0 aliphatic rings. The van der Waals surface area contributed by atoms with E-state index in [1.54, 1.807) is 30.4 Å². The Hall–Kier alpha value is -1.86. The topological polar surface area (TPSA) is 45.2 Å². The van der Waals surface area contributed by atoms with E-state index in [9.17, 15) is 13.6 Å². The highest BCUT2D eigenvalue weighted by Gasteiger charge is 2.20. The lowest BCUT2D eigenvalue weighted by Crippen LogP contribution is -2.39. The fourth-order valence-electron chi connectivity index (χ4n) is 1.75. The summed E-state index contributed by atoms with van der Waals surface area (Å²) >= 11 is 1.33. The van der Waals surface area contributed by atoms with Gasteiger partial charge in [-0.25, -0.2) is 13.8 Å². The Morgan fingerprint density at radius 3 is 2.86 bits per heavy atom. The molecule has 1 atom stereocenters. The lowest BCUT2D eigenvalue weighted by atomic mass is 10.1. The first-order valence-electron chi connectivity index (χ1n) is 6.32. The molecule has 0 saturated heterocycles. The number of thiazole rings is 1. The van der Waals surface area contributed by atoms with Crippen LogP contribution in [0.3, 0.4) is 0 Å². The summed E-state index contributed by atoms with van der Waals surface area (Å²) in [6.07, 6.45) is 1.60. The van der Waals surface area contributed by atoms with Crippen molar-refractivity contribution in [3.05, 3.63) is 47.0 Å². The van der Waals surface area contributed by atoms with Gasteiger partial charge in [-0.3, -0.25) is 9.69 Å². The van der Waals surface area contributed by atoms with Crippen LogP contribution >= 0.6 is 11.3 Å². The van der Waals surface area contributed by atoms with Gasteiger partial charge in [0.2, 0.25) is 5.91 Å². The van der Waals surface area contributed by atoms with Crippen molar-refractivity contribution in [2.75, 3.05) is 12.4 Å². The smallest absolute Gasteiger partial charge is 0.243 e. The number of benzene rings is 1. The van der Waals surface area contributed by atoms with Gasteiger partial charge in [0.05, 0.1) is 6.04 Å². The van der Waals surface area contributed by atoms with Crippen molar-refractivity contribution in [2.24, 2.45) is 0 Å². The van der Waals surface area contributed by atoms with E-state index in [0.717, 1.165) is 6.07 Å². The van der Waals surface area contributed by atoms with E-state index in [1.807, 2.05) is 0 Å². The van der Waals surface area contributed by atoms with E-state index in [0.29, 0.717) is 10.7 Å². The van der Waals surface area contributed by atoms with Crippen molar-refractivity contribution >= 4 is 22.4 Å². The molecule has 1 heterocycles. The highest BCUT2D eigenvalue weighted by molar-refractivity contribution is 7.13. The average molecular weight is 311 g/mol. The van der Waals surface area contributed by atoms with Crippen molar-refractivity contribution in [3.63, 3.8) is 0 Å². The molecule has 0 saturated carbocycles. The number of amides is 1. The minimum atomic E-state index is -0.617. The first kappa shape index (κ1) is 15.5. The van der Waals surface area contributed by atoms with Crippen LogP contribution in [0, 0.1) is 11.6 Å². The minimum Gasteiger partial charge on any atom is -0.301 e. The molecule has 0 unspecified atom stereocenters. The van der Waals surface area contributed by atoms with Gasteiger partial charge in [0, 0.05) is 29.8 Å². The van der Waals surface area contributed by atoms with Crippen LogP contribution in [-0.4, -0.2) is 28.9 Å². The van der Waals surface area contributed by atoms with Crippen molar-refractivity contribution in [3.8, 4) is 0 Å². The fraction of sp³-hybridized carbons (Fsp3) is 0.286. The number of rotatable bonds is 5. The molecule has 0 radical (unpaired) electrons. The largest absolute Gasteiger partial charge is 0.301 e. The molecular formula is C14H15F2N3OS. The molecule has 2 aromatic rings. The Bertz CT molecular complexity index is 619. The van der Waals surface area contributed by atoms with Crippen molar-refractivity contribution in [2.45, 2.75) is 19.5 Å². The van der Waals surface area contributed by atoms with Gasteiger partial charge >= 0.3 is 0 Å². The Labute approximate surface area is 125 Å². The second kappa shape index (κ2) is 6.73. The standard InChI is InChI=1S/C14H15F2N3OS/c1-9(13(20)18-14-17-5-6-21-14)19(2)8-10-3-4-11(15)7-12(10)16/h3-7,9H,8H2,1-2H3,(H,17,18,20)/t9-/m1/s1. The SMILES string of the molecule is C[C@H](C(=O)Nc1nccs1)N(C)Cc1ccc(F)cc1F. The Balaban J connectivity index is 1.98. The van der Waals surface area contributed by atoms with Crippen molar-refractivity contribution in [1.82, 2.24) is 9.88 Å². The first-order chi connectivity index (χ1) is 9.97. The zero-order valence-corrected chi connectivity index (χ0v) is 12.5. The van der Waals surface area contributed by atoms with E-state index in [-0.39, 0.29) is 12.5 Å². The van der Waals surface area contributed by atoms with E-state index in [2.05, 4.69) is 10.3 Å². The van der Waals surface area contributed by atoms with Crippen LogP contribution in [0.2, 0.25) is 0 Å². The number of likely N-dealkylation sites (N-methyl/N-ethyl adjacent to an activating group) is 1. The van der Waals surface area contributed by atoms with E-state index >= 15 is 0 Å². The summed E-state index contributed by atoms with van der Waals surface area (Å²) in [6.45, 7) is 1.92. The molecule has 1 amide bonds. The number of aromatic nitrogens is 1. The highest BCUT2D eigenvalue weighted by Crippen LogP contribution is 2.15. The average Bonchev–Trinajstić information content (AvgIpc) is 2.93. The lowest BCUT2D eigenvalue weighted by molar-refractivity contribution is -0.120. The zero-order valence-electron chi connectivity index (χ0n) is 11.6. The summed E-state index contributed by atoms with van der Waals surface area (Å²) < 4.78 is 26.5. The van der Waals surface area contributed by atoms with Crippen LogP contribution in [0.25, 0.3) is 0 Å². The maximum absolute atomic E-state index is 13.6. The summed E-state index contributed by atoms with van der Waals surface area (Å²) in [6, 6.07) is 2.95. The minimum absolute atomic E-state index is 0.207. The van der Waals surface area contributed by atoms with Gasteiger partial charge in [0.1, 0.15) is 11.6 Å². The van der Waals surface area contributed by atoms with Crippen LogP contribution in [0.1, 0.15) is 12.5 Å². The van der Waals surface area contributed by atoms with Gasteiger partial charge < -0.3 is 5.32 Å². The highest BCUT2D eigenvalue weighted by atomic mass is 32.1. The van der Waals surface area contributed by atoms with Gasteiger partial charge in [-0.1, -0.05) is 6.07 Å². The third-order valence-corrected chi connectivity index (χ3v) is 3.83. The van der Waals surface area contributed by atoms with Gasteiger partial charge in [-0.15, -0.1) is 11.3 Å². The molecule has 0 bridgehead atoms. The Kier molecular flexibility index (Phi) is 4.98. The first-order valence-corrected chi connectivity index (χ1v) is 7.20. The van der Waals surface area contributed by atoms with Crippen LogP contribution in [-0.2, 0) is 11.3 Å². The molecule has 2 rings (SSSR count). The van der Waals surface area contributed by atoms with Crippen LogP contribution in [0.4, 0.5) is 13.9 Å².